The minimum Gasteiger partial charge on any atom is -0.325 e. The van der Waals surface area contributed by atoms with Crippen molar-refractivity contribution >= 4 is 11.6 Å². The molecule has 0 radical (unpaired) electrons. The van der Waals surface area contributed by atoms with Gasteiger partial charge in [-0.25, -0.2) is 10.5 Å². The number of benzene rings is 1. The Labute approximate surface area is 108 Å². The Morgan fingerprint density at radius 1 is 1.17 bits per heavy atom. The molecule has 4 heteroatoms. The van der Waals surface area contributed by atoms with E-state index in [0.717, 1.165) is 18.5 Å². The smallest absolute Gasteiger partial charge is 0.220 e. The van der Waals surface area contributed by atoms with Crippen molar-refractivity contribution in [2.75, 3.05) is 5.32 Å². The molecule has 0 aliphatic heterocycles. The fourth-order valence-electron chi connectivity index (χ4n) is 2.26. The van der Waals surface area contributed by atoms with Gasteiger partial charge in [0.15, 0.2) is 0 Å². The second-order valence-corrected chi connectivity index (χ2v) is 4.87. The molecule has 1 saturated carbocycles. The lowest BCUT2D eigenvalue weighted by Crippen LogP contribution is -2.30. The molecule has 0 heterocycles. The molecule has 0 amide bonds. The molecule has 0 bridgehead atoms. The fraction of sp³-hybridized carbons (Fsp3) is 0.500. The summed E-state index contributed by atoms with van der Waals surface area (Å²) in [5, 5.41) is 12.2. The Morgan fingerprint density at radius 2 is 1.83 bits per heavy atom. The molecule has 0 unspecified atom stereocenters. The van der Waals surface area contributed by atoms with E-state index in [9.17, 15) is 0 Å². The van der Waals surface area contributed by atoms with Crippen molar-refractivity contribution in [3.8, 4) is 0 Å². The van der Waals surface area contributed by atoms with Crippen molar-refractivity contribution in [1.29, 1.82) is 0 Å². The summed E-state index contributed by atoms with van der Waals surface area (Å²) in [7, 11) is 0. The minimum absolute atomic E-state index is 0.325. The number of hydrogen-bond donors (Lipinski definition) is 3. The summed E-state index contributed by atoms with van der Waals surface area (Å²) in [6.45, 7) is 2.05. The first kappa shape index (κ1) is 12.9. The molecule has 18 heavy (non-hydrogen) atoms. The maximum Gasteiger partial charge on any atom is 0.220 e. The van der Waals surface area contributed by atoms with Crippen LogP contribution >= 0.6 is 0 Å². The third-order valence-electron chi connectivity index (χ3n) is 3.31. The average Bonchev–Trinajstić information content (AvgIpc) is 2.41. The number of hydroxylamine groups is 1. The van der Waals surface area contributed by atoms with E-state index in [1.807, 2.05) is 31.2 Å². The summed E-state index contributed by atoms with van der Waals surface area (Å²) >= 11 is 0. The predicted octanol–water partition coefficient (Wildman–Crippen LogP) is 3.07. The molecule has 1 fully saturated rings. The Balaban J connectivity index is 1.99. The van der Waals surface area contributed by atoms with Gasteiger partial charge in [0.05, 0.1) is 6.04 Å². The molecule has 1 aliphatic rings. The molecule has 3 N–H and O–H groups in total. The zero-order valence-electron chi connectivity index (χ0n) is 10.8. The molecule has 0 atom stereocenters. The number of nitrogens with one attached hydrogen (secondary N) is 2. The largest absolute Gasteiger partial charge is 0.325 e. The van der Waals surface area contributed by atoms with E-state index in [0.29, 0.717) is 12.0 Å². The predicted molar refractivity (Wildman–Crippen MR) is 74.0 cm³/mol. The normalized spacial score (nSPS) is 17.6. The lowest BCUT2D eigenvalue weighted by molar-refractivity contribution is 0.233. The van der Waals surface area contributed by atoms with Crippen LogP contribution in [-0.2, 0) is 0 Å². The van der Waals surface area contributed by atoms with Crippen molar-refractivity contribution in [1.82, 2.24) is 5.48 Å². The third-order valence-corrected chi connectivity index (χ3v) is 3.31. The van der Waals surface area contributed by atoms with Gasteiger partial charge in [0.2, 0.25) is 5.96 Å². The minimum atomic E-state index is 0.325. The van der Waals surface area contributed by atoms with Gasteiger partial charge in [0.25, 0.3) is 0 Å². The van der Waals surface area contributed by atoms with Crippen molar-refractivity contribution in [2.24, 2.45) is 4.99 Å². The summed E-state index contributed by atoms with van der Waals surface area (Å²) in [5.74, 6) is 0.436. The second kappa shape index (κ2) is 6.40. The molecule has 98 valence electrons. The first-order valence-electron chi connectivity index (χ1n) is 6.59. The van der Waals surface area contributed by atoms with E-state index >= 15 is 0 Å². The number of aliphatic imine (C=N–C) groups is 1. The van der Waals surface area contributed by atoms with E-state index in [4.69, 9.17) is 5.21 Å². The first-order valence-corrected chi connectivity index (χ1v) is 6.59. The molecule has 0 saturated heterocycles. The van der Waals surface area contributed by atoms with Gasteiger partial charge < -0.3 is 5.32 Å². The van der Waals surface area contributed by atoms with Crippen LogP contribution in [0.1, 0.15) is 37.7 Å². The van der Waals surface area contributed by atoms with Crippen LogP contribution in [0, 0.1) is 6.92 Å². The Hall–Kier alpha value is -1.55. The summed E-state index contributed by atoms with van der Waals surface area (Å²) in [5.41, 5.74) is 4.29. The van der Waals surface area contributed by atoms with Crippen LogP contribution in [0.25, 0.3) is 0 Å². The maximum atomic E-state index is 9.13. The second-order valence-electron chi connectivity index (χ2n) is 4.87. The fourth-order valence-corrected chi connectivity index (χ4v) is 2.26. The van der Waals surface area contributed by atoms with Crippen molar-refractivity contribution in [3.05, 3.63) is 29.8 Å². The maximum absolute atomic E-state index is 9.13. The van der Waals surface area contributed by atoms with Crippen LogP contribution in [-0.4, -0.2) is 17.2 Å². The van der Waals surface area contributed by atoms with E-state index in [2.05, 4.69) is 15.8 Å². The van der Waals surface area contributed by atoms with Crippen molar-refractivity contribution in [3.63, 3.8) is 0 Å². The zero-order valence-corrected chi connectivity index (χ0v) is 10.8. The van der Waals surface area contributed by atoms with Crippen LogP contribution in [0.2, 0.25) is 0 Å². The number of nitrogens with zero attached hydrogens (tertiary/aromatic N) is 1. The average molecular weight is 247 g/mol. The summed E-state index contributed by atoms with van der Waals surface area (Å²) in [6, 6.07) is 8.33. The summed E-state index contributed by atoms with van der Waals surface area (Å²) in [4.78, 5) is 4.52. The molecule has 0 spiro atoms. The third kappa shape index (κ3) is 3.74. The van der Waals surface area contributed by atoms with Gasteiger partial charge >= 0.3 is 0 Å². The van der Waals surface area contributed by atoms with Crippen LogP contribution in [0.4, 0.5) is 5.69 Å². The first-order chi connectivity index (χ1) is 8.78. The monoisotopic (exact) mass is 247 g/mol. The summed E-state index contributed by atoms with van der Waals surface area (Å²) < 4.78 is 0. The quantitative estimate of drug-likeness (QED) is 0.427. The lowest BCUT2D eigenvalue weighted by atomic mass is 9.96. The van der Waals surface area contributed by atoms with Crippen LogP contribution < -0.4 is 10.8 Å². The molecule has 0 aromatic heterocycles. The highest BCUT2D eigenvalue weighted by atomic mass is 16.5. The van der Waals surface area contributed by atoms with Crippen LogP contribution in [0.5, 0.6) is 0 Å². The highest BCUT2D eigenvalue weighted by Gasteiger charge is 2.13. The zero-order chi connectivity index (χ0) is 12.8. The van der Waals surface area contributed by atoms with Crippen molar-refractivity contribution < 1.29 is 5.21 Å². The summed E-state index contributed by atoms with van der Waals surface area (Å²) in [6.07, 6.45) is 6.00. The van der Waals surface area contributed by atoms with E-state index in [1.165, 1.54) is 24.8 Å². The molecule has 1 aromatic carbocycles. The lowest BCUT2D eigenvalue weighted by Gasteiger charge is -2.19. The Morgan fingerprint density at radius 3 is 2.44 bits per heavy atom. The van der Waals surface area contributed by atoms with Gasteiger partial charge in [0, 0.05) is 5.69 Å². The molecular weight excluding hydrogens is 226 g/mol. The molecule has 1 aromatic rings. The van der Waals surface area contributed by atoms with E-state index in [1.54, 1.807) is 0 Å². The van der Waals surface area contributed by atoms with Gasteiger partial charge in [0.1, 0.15) is 0 Å². The van der Waals surface area contributed by atoms with E-state index < -0.39 is 0 Å². The molecular formula is C14H21N3O. The number of guanidine groups is 1. The van der Waals surface area contributed by atoms with E-state index in [-0.39, 0.29) is 0 Å². The Bertz CT molecular complexity index is 394. The number of anilines is 1. The standard InChI is InChI=1S/C14H21N3O/c1-11-7-9-13(10-8-11)16-14(17-18)15-12-5-3-2-4-6-12/h7-10,12,18H,2-6H2,1H3,(H2,15,16,17). The van der Waals surface area contributed by atoms with Gasteiger partial charge in [-0.05, 0) is 31.9 Å². The number of aryl methyl sites for hydroxylation is 1. The highest BCUT2D eigenvalue weighted by Crippen LogP contribution is 2.20. The Kier molecular flexibility index (Phi) is 4.59. The molecule has 4 nitrogen and oxygen atoms in total. The van der Waals surface area contributed by atoms with Gasteiger partial charge in [-0.3, -0.25) is 5.21 Å². The SMILES string of the molecule is Cc1ccc(NC(=NC2CCCCC2)NO)cc1. The topological polar surface area (TPSA) is 56.7 Å². The number of rotatable bonds is 2. The molecule has 2 rings (SSSR count). The number of hydrogen-bond acceptors (Lipinski definition) is 2. The van der Waals surface area contributed by atoms with Gasteiger partial charge in [-0.1, -0.05) is 37.0 Å². The van der Waals surface area contributed by atoms with Crippen LogP contribution in [0.15, 0.2) is 29.3 Å². The van der Waals surface area contributed by atoms with Crippen LogP contribution in [0.3, 0.4) is 0 Å². The van der Waals surface area contributed by atoms with Crippen molar-refractivity contribution in [2.45, 2.75) is 45.1 Å². The van der Waals surface area contributed by atoms with Gasteiger partial charge in [-0.15, -0.1) is 0 Å². The highest BCUT2D eigenvalue weighted by molar-refractivity contribution is 5.92. The molecule has 1 aliphatic carbocycles. The van der Waals surface area contributed by atoms with Gasteiger partial charge in [-0.2, -0.15) is 0 Å².